The maximum Gasteiger partial charge on any atom is 0.120 e. The number of nitriles is 1. The summed E-state index contributed by atoms with van der Waals surface area (Å²) in [5.41, 5.74) is 6.35. The summed E-state index contributed by atoms with van der Waals surface area (Å²) >= 11 is 3.29. The van der Waals surface area contributed by atoms with E-state index in [1.54, 1.807) is 6.07 Å². The third-order valence-electron chi connectivity index (χ3n) is 2.48. The van der Waals surface area contributed by atoms with E-state index in [0.717, 1.165) is 17.3 Å². The molecular formula is C11H11BrN2O. The zero-order valence-electron chi connectivity index (χ0n) is 8.16. The summed E-state index contributed by atoms with van der Waals surface area (Å²) in [4.78, 5) is 0. The van der Waals surface area contributed by atoms with Crippen molar-refractivity contribution in [3.8, 4) is 11.8 Å². The molecule has 0 bridgehead atoms. The van der Waals surface area contributed by atoms with Crippen LogP contribution >= 0.6 is 15.9 Å². The van der Waals surface area contributed by atoms with Crippen molar-refractivity contribution in [2.75, 3.05) is 6.61 Å². The Kier molecular flexibility index (Phi) is 2.68. The first-order valence-corrected chi connectivity index (χ1v) is 5.54. The molecule has 1 aromatic rings. The van der Waals surface area contributed by atoms with Gasteiger partial charge in [-0.1, -0.05) is 0 Å². The van der Waals surface area contributed by atoms with Gasteiger partial charge in [0, 0.05) is 4.47 Å². The molecule has 0 atom stereocenters. The average molecular weight is 267 g/mol. The first kappa shape index (κ1) is 10.5. The lowest BCUT2D eigenvalue weighted by Crippen LogP contribution is -2.29. The average Bonchev–Trinajstić information content (AvgIpc) is 2.96. The van der Waals surface area contributed by atoms with Crippen LogP contribution in [0.2, 0.25) is 0 Å². The van der Waals surface area contributed by atoms with Gasteiger partial charge in [0.05, 0.1) is 11.1 Å². The first-order valence-electron chi connectivity index (χ1n) is 4.74. The van der Waals surface area contributed by atoms with Crippen molar-refractivity contribution < 1.29 is 4.74 Å². The molecule has 1 aliphatic carbocycles. The molecule has 0 radical (unpaired) electrons. The number of nitrogens with zero attached hydrogens (tertiary/aromatic N) is 1. The SMILES string of the molecule is N#Cc1cc(OCC2(N)CC2)ccc1Br. The van der Waals surface area contributed by atoms with E-state index in [4.69, 9.17) is 15.7 Å². The van der Waals surface area contributed by atoms with Crippen LogP contribution < -0.4 is 10.5 Å². The van der Waals surface area contributed by atoms with Gasteiger partial charge < -0.3 is 10.5 Å². The summed E-state index contributed by atoms with van der Waals surface area (Å²) in [6.45, 7) is 0.527. The smallest absolute Gasteiger partial charge is 0.120 e. The minimum Gasteiger partial charge on any atom is -0.492 e. The van der Waals surface area contributed by atoms with Crippen LogP contribution in [0.15, 0.2) is 22.7 Å². The Bertz CT molecular complexity index is 421. The number of ether oxygens (including phenoxy) is 1. The van der Waals surface area contributed by atoms with E-state index >= 15 is 0 Å². The fraction of sp³-hybridized carbons (Fsp3) is 0.364. The normalized spacial score (nSPS) is 16.9. The second kappa shape index (κ2) is 3.84. The highest BCUT2D eigenvalue weighted by molar-refractivity contribution is 9.10. The minimum atomic E-state index is -0.125. The van der Waals surface area contributed by atoms with E-state index in [0.29, 0.717) is 17.9 Å². The van der Waals surface area contributed by atoms with Crippen LogP contribution in [0.25, 0.3) is 0 Å². The van der Waals surface area contributed by atoms with E-state index in [1.807, 2.05) is 12.1 Å². The van der Waals surface area contributed by atoms with Crippen LogP contribution in [0, 0.1) is 11.3 Å². The van der Waals surface area contributed by atoms with Gasteiger partial charge >= 0.3 is 0 Å². The Morgan fingerprint density at radius 2 is 2.27 bits per heavy atom. The molecule has 1 aromatic carbocycles. The van der Waals surface area contributed by atoms with Crippen LogP contribution in [0.3, 0.4) is 0 Å². The largest absolute Gasteiger partial charge is 0.492 e. The molecule has 0 aromatic heterocycles. The van der Waals surface area contributed by atoms with E-state index in [2.05, 4.69) is 22.0 Å². The second-order valence-corrected chi connectivity index (χ2v) is 4.76. The molecule has 1 aliphatic rings. The van der Waals surface area contributed by atoms with Crippen LogP contribution in [0.4, 0.5) is 0 Å². The van der Waals surface area contributed by atoms with Crippen LogP contribution in [0.1, 0.15) is 18.4 Å². The Morgan fingerprint density at radius 3 is 2.87 bits per heavy atom. The minimum absolute atomic E-state index is 0.125. The highest BCUT2D eigenvalue weighted by Crippen LogP contribution is 2.33. The number of halogens is 1. The third kappa shape index (κ3) is 2.49. The van der Waals surface area contributed by atoms with Crippen molar-refractivity contribution in [3.63, 3.8) is 0 Å². The van der Waals surface area contributed by atoms with Crippen molar-refractivity contribution in [1.82, 2.24) is 0 Å². The number of rotatable bonds is 3. The molecule has 3 nitrogen and oxygen atoms in total. The maximum atomic E-state index is 8.82. The number of hydrogen-bond donors (Lipinski definition) is 1. The van der Waals surface area contributed by atoms with Gasteiger partial charge in [-0.15, -0.1) is 0 Å². The molecule has 0 aliphatic heterocycles. The van der Waals surface area contributed by atoms with Gasteiger partial charge in [0.2, 0.25) is 0 Å². The summed E-state index contributed by atoms with van der Waals surface area (Å²) in [6.07, 6.45) is 2.04. The summed E-state index contributed by atoms with van der Waals surface area (Å²) < 4.78 is 6.32. The number of nitrogens with two attached hydrogens (primary N) is 1. The fourth-order valence-electron chi connectivity index (χ4n) is 1.21. The molecule has 2 N–H and O–H groups in total. The standard InChI is InChI=1S/C11H11BrN2O/c12-10-2-1-9(5-8(10)6-13)15-7-11(14)3-4-11/h1-2,5H,3-4,7,14H2. The molecule has 4 heteroatoms. The zero-order valence-corrected chi connectivity index (χ0v) is 9.75. The predicted octanol–water partition coefficient (Wildman–Crippen LogP) is 2.19. The number of benzene rings is 1. The Balaban J connectivity index is 2.06. The van der Waals surface area contributed by atoms with Gasteiger partial charge in [-0.2, -0.15) is 5.26 Å². The maximum absolute atomic E-state index is 8.82. The van der Waals surface area contributed by atoms with Crippen molar-refractivity contribution >= 4 is 15.9 Å². The molecule has 0 spiro atoms. The zero-order chi connectivity index (χ0) is 10.9. The second-order valence-electron chi connectivity index (χ2n) is 3.90. The lowest BCUT2D eigenvalue weighted by molar-refractivity contribution is 0.279. The molecule has 0 unspecified atom stereocenters. The van der Waals surface area contributed by atoms with Crippen molar-refractivity contribution in [1.29, 1.82) is 5.26 Å². The lowest BCUT2D eigenvalue weighted by Gasteiger charge is -2.11. The molecule has 0 heterocycles. The molecular weight excluding hydrogens is 256 g/mol. The van der Waals surface area contributed by atoms with Gasteiger partial charge in [-0.25, -0.2) is 0 Å². The van der Waals surface area contributed by atoms with E-state index in [-0.39, 0.29) is 5.54 Å². The molecule has 1 saturated carbocycles. The van der Waals surface area contributed by atoms with Gasteiger partial charge in [0.25, 0.3) is 0 Å². The van der Waals surface area contributed by atoms with Crippen molar-refractivity contribution in [2.45, 2.75) is 18.4 Å². The van der Waals surface area contributed by atoms with Crippen molar-refractivity contribution in [2.24, 2.45) is 5.73 Å². The first-order chi connectivity index (χ1) is 7.13. The quantitative estimate of drug-likeness (QED) is 0.913. The highest BCUT2D eigenvalue weighted by atomic mass is 79.9. The topological polar surface area (TPSA) is 59.0 Å². The summed E-state index contributed by atoms with van der Waals surface area (Å²) in [6, 6.07) is 7.45. The molecule has 0 saturated heterocycles. The van der Waals surface area contributed by atoms with E-state index in [1.165, 1.54) is 0 Å². The molecule has 0 amide bonds. The van der Waals surface area contributed by atoms with E-state index < -0.39 is 0 Å². The van der Waals surface area contributed by atoms with Crippen LogP contribution in [-0.2, 0) is 0 Å². The summed E-state index contributed by atoms with van der Waals surface area (Å²) in [5.74, 6) is 0.700. The molecule has 15 heavy (non-hydrogen) atoms. The van der Waals surface area contributed by atoms with Crippen molar-refractivity contribution in [3.05, 3.63) is 28.2 Å². The fourth-order valence-corrected chi connectivity index (χ4v) is 1.55. The summed E-state index contributed by atoms with van der Waals surface area (Å²) in [7, 11) is 0. The number of hydrogen-bond acceptors (Lipinski definition) is 3. The van der Waals surface area contributed by atoms with E-state index in [9.17, 15) is 0 Å². The van der Waals surface area contributed by atoms with Gasteiger partial charge in [0.1, 0.15) is 18.4 Å². The van der Waals surface area contributed by atoms with Gasteiger partial charge in [0.15, 0.2) is 0 Å². The molecule has 1 fully saturated rings. The highest BCUT2D eigenvalue weighted by Gasteiger charge is 2.39. The molecule has 78 valence electrons. The van der Waals surface area contributed by atoms with Crippen LogP contribution in [-0.4, -0.2) is 12.1 Å². The third-order valence-corrected chi connectivity index (χ3v) is 3.17. The molecule has 2 rings (SSSR count). The van der Waals surface area contributed by atoms with Gasteiger partial charge in [-0.05, 0) is 47.0 Å². The lowest BCUT2D eigenvalue weighted by atomic mass is 10.2. The predicted molar refractivity (Wildman–Crippen MR) is 60.5 cm³/mol. The Hall–Kier alpha value is -1.05. The summed E-state index contributed by atoms with van der Waals surface area (Å²) in [5, 5.41) is 8.82. The monoisotopic (exact) mass is 266 g/mol. The van der Waals surface area contributed by atoms with Crippen LogP contribution in [0.5, 0.6) is 5.75 Å². The Morgan fingerprint density at radius 1 is 1.53 bits per heavy atom. The Labute approximate surface area is 97.0 Å². The van der Waals surface area contributed by atoms with Gasteiger partial charge in [-0.3, -0.25) is 0 Å².